The highest BCUT2D eigenvalue weighted by molar-refractivity contribution is 9.10. The number of furan rings is 1. The van der Waals surface area contributed by atoms with Gasteiger partial charge in [-0.1, -0.05) is 64.0 Å². The summed E-state index contributed by atoms with van der Waals surface area (Å²) in [5.74, 6) is -0.170. The molecule has 2 aliphatic rings. The molecular formula is C28H21BrN2O4. The molecule has 174 valence electrons. The number of nitrogens with zero attached hydrogens (tertiary/aromatic N) is 2. The van der Waals surface area contributed by atoms with Gasteiger partial charge >= 0.3 is 0 Å². The molecule has 0 N–H and O–H groups in total. The van der Waals surface area contributed by atoms with Gasteiger partial charge in [0.25, 0.3) is 5.91 Å². The minimum atomic E-state index is -0.935. The first-order valence-corrected chi connectivity index (χ1v) is 12.1. The third kappa shape index (κ3) is 3.68. The van der Waals surface area contributed by atoms with Crippen LogP contribution < -0.4 is 9.96 Å². The summed E-state index contributed by atoms with van der Waals surface area (Å²) in [5, 5.41) is 1.64. The Labute approximate surface area is 210 Å². The number of carbonyl (C=O) groups is 2. The van der Waals surface area contributed by atoms with Gasteiger partial charge in [-0.05, 0) is 55.5 Å². The number of hydrogen-bond donors (Lipinski definition) is 0. The number of amides is 2. The van der Waals surface area contributed by atoms with Gasteiger partial charge in [0.2, 0.25) is 5.91 Å². The largest absolute Gasteiger partial charge is 0.459 e. The number of para-hydroxylation sites is 1. The average molecular weight is 529 g/mol. The highest BCUT2D eigenvalue weighted by atomic mass is 79.9. The fourth-order valence-corrected chi connectivity index (χ4v) is 5.00. The molecule has 0 unspecified atom stereocenters. The summed E-state index contributed by atoms with van der Waals surface area (Å²) >= 11 is 3.45. The Hall–Kier alpha value is -3.68. The van der Waals surface area contributed by atoms with E-state index in [9.17, 15) is 9.59 Å². The second kappa shape index (κ2) is 8.52. The van der Waals surface area contributed by atoms with E-state index in [1.807, 2.05) is 85.8 Å². The zero-order valence-corrected chi connectivity index (χ0v) is 20.4. The fourth-order valence-electron chi connectivity index (χ4n) is 4.73. The minimum Gasteiger partial charge on any atom is -0.459 e. The molecule has 0 radical (unpaired) electrons. The van der Waals surface area contributed by atoms with E-state index in [2.05, 4.69) is 15.9 Å². The smallest absolute Gasteiger partial charge is 0.266 e. The highest BCUT2D eigenvalue weighted by Gasteiger charge is 2.61. The van der Waals surface area contributed by atoms with Crippen LogP contribution in [-0.4, -0.2) is 17.9 Å². The minimum absolute atomic E-state index is 0.297. The molecule has 2 aliphatic heterocycles. The number of aryl methyl sites for hydroxylation is 1. The molecule has 3 aromatic carbocycles. The maximum absolute atomic E-state index is 13.7. The quantitative estimate of drug-likeness (QED) is 0.301. The Balaban J connectivity index is 1.41. The third-order valence-electron chi connectivity index (χ3n) is 6.47. The van der Waals surface area contributed by atoms with Crippen LogP contribution in [0.2, 0.25) is 0 Å². The summed E-state index contributed by atoms with van der Waals surface area (Å²) in [7, 11) is 0. The lowest BCUT2D eigenvalue weighted by atomic mass is 9.94. The molecule has 0 saturated carbocycles. The van der Waals surface area contributed by atoms with Crippen LogP contribution >= 0.6 is 15.9 Å². The first-order valence-electron chi connectivity index (χ1n) is 11.3. The number of hydrogen-bond acceptors (Lipinski definition) is 5. The van der Waals surface area contributed by atoms with Crippen LogP contribution in [0.25, 0.3) is 11.3 Å². The Morgan fingerprint density at radius 1 is 0.771 bits per heavy atom. The molecule has 6 rings (SSSR count). The van der Waals surface area contributed by atoms with Gasteiger partial charge in [-0.3, -0.25) is 14.4 Å². The second-order valence-electron chi connectivity index (χ2n) is 8.71. The molecule has 0 spiro atoms. The second-order valence-corrected chi connectivity index (χ2v) is 9.63. The summed E-state index contributed by atoms with van der Waals surface area (Å²) in [6, 6.07) is 27.8. The first-order chi connectivity index (χ1) is 17.0. The van der Waals surface area contributed by atoms with Crippen molar-refractivity contribution in [1.82, 2.24) is 0 Å². The van der Waals surface area contributed by atoms with Crippen LogP contribution in [0, 0.1) is 12.8 Å². The zero-order chi connectivity index (χ0) is 24.1. The van der Waals surface area contributed by atoms with Crippen LogP contribution in [0.3, 0.4) is 0 Å². The number of hydroxylamine groups is 1. The van der Waals surface area contributed by atoms with E-state index in [0.717, 1.165) is 21.3 Å². The molecule has 35 heavy (non-hydrogen) atoms. The zero-order valence-electron chi connectivity index (χ0n) is 18.8. The van der Waals surface area contributed by atoms with Gasteiger partial charge < -0.3 is 4.42 Å². The van der Waals surface area contributed by atoms with Gasteiger partial charge in [-0.2, -0.15) is 0 Å². The summed E-state index contributed by atoms with van der Waals surface area (Å²) in [6.07, 6.45) is -0.935. The van der Waals surface area contributed by atoms with Gasteiger partial charge in [-0.15, -0.1) is 0 Å². The molecule has 3 atom stereocenters. The van der Waals surface area contributed by atoms with Crippen LogP contribution in [0.1, 0.15) is 17.4 Å². The molecule has 4 aromatic rings. The summed E-state index contributed by atoms with van der Waals surface area (Å²) in [6.45, 7) is 1.96. The SMILES string of the molecule is Cc1ccc(N2C(=O)[C@H]3[C@H](ON(c4ccccc4)[C@H]3c3ccc(-c4ccc(Br)cc4)o3)C2=O)cc1. The van der Waals surface area contributed by atoms with E-state index >= 15 is 0 Å². The van der Waals surface area contributed by atoms with Crippen molar-refractivity contribution in [1.29, 1.82) is 0 Å². The maximum atomic E-state index is 13.7. The van der Waals surface area contributed by atoms with Crippen LogP contribution in [0.4, 0.5) is 11.4 Å². The Kier molecular flexibility index (Phi) is 5.31. The van der Waals surface area contributed by atoms with Gasteiger partial charge in [0.1, 0.15) is 23.5 Å². The van der Waals surface area contributed by atoms with E-state index < -0.39 is 18.1 Å². The topological polar surface area (TPSA) is 63.0 Å². The molecule has 0 aliphatic carbocycles. The Morgan fingerprint density at radius 2 is 1.49 bits per heavy atom. The predicted molar refractivity (Wildman–Crippen MR) is 136 cm³/mol. The lowest BCUT2D eigenvalue weighted by Crippen LogP contribution is -2.37. The van der Waals surface area contributed by atoms with Crippen molar-refractivity contribution in [3.05, 3.63) is 107 Å². The van der Waals surface area contributed by atoms with Crippen molar-refractivity contribution in [3.63, 3.8) is 0 Å². The van der Waals surface area contributed by atoms with Gasteiger partial charge in [0.15, 0.2) is 6.10 Å². The van der Waals surface area contributed by atoms with E-state index in [1.165, 1.54) is 4.90 Å². The predicted octanol–water partition coefficient (Wildman–Crippen LogP) is 6.07. The summed E-state index contributed by atoms with van der Waals surface area (Å²) in [4.78, 5) is 34.5. The molecule has 6 nitrogen and oxygen atoms in total. The van der Waals surface area contributed by atoms with E-state index in [1.54, 1.807) is 17.2 Å². The fraction of sp³-hybridized carbons (Fsp3) is 0.143. The Morgan fingerprint density at radius 3 is 2.20 bits per heavy atom. The van der Waals surface area contributed by atoms with Crippen molar-refractivity contribution in [3.8, 4) is 11.3 Å². The molecule has 7 heteroatoms. The number of imide groups is 1. The highest BCUT2D eigenvalue weighted by Crippen LogP contribution is 2.48. The lowest BCUT2D eigenvalue weighted by molar-refractivity contribution is -0.126. The van der Waals surface area contributed by atoms with Crippen LogP contribution in [0.15, 0.2) is 99.9 Å². The molecule has 0 bridgehead atoms. The molecule has 2 saturated heterocycles. The molecule has 2 amide bonds. The number of rotatable bonds is 4. The number of carbonyl (C=O) groups excluding carboxylic acids is 2. The first kappa shape index (κ1) is 21.8. The van der Waals surface area contributed by atoms with Gasteiger partial charge in [0.05, 0.1) is 11.4 Å². The van der Waals surface area contributed by atoms with Crippen LogP contribution in [-0.2, 0) is 14.4 Å². The standard InChI is InChI=1S/C28H21BrN2O4/c1-17-7-13-20(14-8-17)30-27(32)24-25(23-16-15-22(34-23)18-9-11-19(29)12-10-18)31(35-26(24)28(30)33)21-5-3-2-4-6-21/h2-16,24-26H,1H3/t24-,25+,26+/m1/s1. The normalized spacial score (nSPS) is 21.6. The van der Waals surface area contributed by atoms with Gasteiger partial charge in [-0.25, -0.2) is 9.96 Å². The summed E-state index contributed by atoms with van der Waals surface area (Å²) in [5.41, 5.74) is 3.25. The Bertz CT molecular complexity index is 1400. The van der Waals surface area contributed by atoms with Crippen LogP contribution in [0.5, 0.6) is 0 Å². The van der Waals surface area contributed by atoms with Crippen molar-refractivity contribution < 1.29 is 18.8 Å². The lowest BCUT2D eigenvalue weighted by Gasteiger charge is -2.27. The van der Waals surface area contributed by atoms with Crippen molar-refractivity contribution in [2.45, 2.75) is 19.1 Å². The molecular weight excluding hydrogens is 508 g/mol. The molecule has 2 fully saturated rings. The maximum Gasteiger partial charge on any atom is 0.266 e. The molecule has 3 heterocycles. The summed E-state index contributed by atoms with van der Waals surface area (Å²) < 4.78 is 7.25. The monoisotopic (exact) mass is 528 g/mol. The van der Waals surface area contributed by atoms with Crippen molar-refractivity contribution >= 4 is 39.1 Å². The van der Waals surface area contributed by atoms with E-state index in [-0.39, 0.29) is 11.8 Å². The third-order valence-corrected chi connectivity index (χ3v) is 6.99. The van der Waals surface area contributed by atoms with Crippen molar-refractivity contribution in [2.24, 2.45) is 5.92 Å². The van der Waals surface area contributed by atoms with E-state index in [0.29, 0.717) is 17.2 Å². The number of fused-ring (bicyclic) bond motifs is 1. The van der Waals surface area contributed by atoms with Gasteiger partial charge in [0, 0.05) is 10.0 Å². The van der Waals surface area contributed by atoms with Crippen molar-refractivity contribution in [2.75, 3.05) is 9.96 Å². The molecule has 1 aromatic heterocycles. The number of halogens is 1. The van der Waals surface area contributed by atoms with E-state index in [4.69, 9.17) is 9.25 Å². The number of benzene rings is 3. The number of anilines is 2. The average Bonchev–Trinajstić information content (AvgIpc) is 3.56.